The van der Waals surface area contributed by atoms with Gasteiger partial charge in [-0.1, -0.05) is 11.6 Å². The predicted octanol–water partition coefficient (Wildman–Crippen LogP) is 2.73. The molecule has 26 heavy (non-hydrogen) atoms. The third-order valence-electron chi connectivity index (χ3n) is 4.34. The average molecular weight is 392 g/mol. The molecule has 6 nitrogen and oxygen atoms in total. The monoisotopic (exact) mass is 391 g/mol. The first-order chi connectivity index (χ1) is 12.5. The maximum absolute atomic E-state index is 13.0. The van der Waals surface area contributed by atoms with E-state index >= 15 is 0 Å². The van der Waals surface area contributed by atoms with Crippen molar-refractivity contribution in [3.8, 4) is 11.8 Å². The molecule has 0 amide bonds. The Morgan fingerprint density at radius 2 is 1.73 bits per heavy atom. The summed E-state index contributed by atoms with van der Waals surface area (Å²) in [6.07, 6.45) is 0. The van der Waals surface area contributed by atoms with Gasteiger partial charge in [-0.3, -0.25) is 0 Å². The first kappa shape index (κ1) is 18.5. The SMILES string of the molecule is COc1ccc(Cl)cc1S(=O)(=O)N1CCN(c2ccc(C#N)cc2)CC1. The van der Waals surface area contributed by atoms with Crippen LogP contribution >= 0.6 is 11.6 Å². The van der Waals surface area contributed by atoms with Crippen molar-refractivity contribution in [2.45, 2.75) is 4.90 Å². The Balaban J connectivity index is 1.76. The Morgan fingerprint density at radius 1 is 1.08 bits per heavy atom. The van der Waals surface area contributed by atoms with Crippen molar-refractivity contribution in [1.82, 2.24) is 4.31 Å². The van der Waals surface area contributed by atoms with Crippen LogP contribution in [0.15, 0.2) is 47.4 Å². The van der Waals surface area contributed by atoms with Crippen LogP contribution in [0.5, 0.6) is 5.75 Å². The van der Waals surface area contributed by atoms with Gasteiger partial charge < -0.3 is 9.64 Å². The largest absolute Gasteiger partial charge is 0.495 e. The zero-order valence-corrected chi connectivity index (χ0v) is 15.8. The van der Waals surface area contributed by atoms with Gasteiger partial charge in [0.05, 0.1) is 18.7 Å². The van der Waals surface area contributed by atoms with Crippen molar-refractivity contribution < 1.29 is 13.2 Å². The summed E-state index contributed by atoms with van der Waals surface area (Å²) in [5.74, 6) is 0.281. The van der Waals surface area contributed by atoms with E-state index in [2.05, 4.69) is 11.0 Å². The van der Waals surface area contributed by atoms with Gasteiger partial charge in [-0.05, 0) is 42.5 Å². The standard InChI is InChI=1S/C18H18ClN3O3S/c1-25-17-7-4-15(19)12-18(17)26(23,24)22-10-8-21(9-11-22)16-5-2-14(13-20)3-6-16/h2-7,12H,8-11H2,1H3. The normalized spacial score (nSPS) is 15.5. The fraction of sp³-hybridized carbons (Fsp3) is 0.278. The molecule has 0 atom stereocenters. The zero-order valence-electron chi connectivity index (χ0n) is 14.2. The first-order valence-corrected chi connectivity index (χ1v) is 9.86. The van der Waals surface area contributed by atoms with E-state index in [-0.39, 0.29) is 10.6 Å². The van der Waals surface area contributed by atoms with Crippen molar-refractivity contribution >= 4 is 27.3 Å². The number of rotatable bonds is 4. The molecule has 0 radical (unpaired) electrons. The maximum Gasteiger partial charge on any atom is 0.246 e. The molecule has 1 aliphatic rings. The summed E-state index contributed by atoms with van der Waals surface area (Å²) in [7, 11) is -2.25. The summed E-state index contributed by atoms with van der Waals surface area (Å²) >= 11 is 5.98. The van der Waals surface area contributed by atoms with E-state index in [1.807, 2.05) is 12.1 Å². The molecule has 136 valence electrons. The lowest BCUT2D eigenvalue weighted by Gasteiger charge is -2.35. The summed E-state index contributed by atoms with van der Waals surface area (Å²) in [6, 6.07) is 13.9. The molecule has 0 unspecified atom stereocenters. The highest BCUT2D eigenvalue weighted by molar-refractivity contribution is 7.89. The van der Waals surface area contributed by atoms with Crippen molar-refractivity contribution in [2.24, 2.45) is 0 Å². The van der Waals surface area contributed by atoms with Crippen LogP contribution in [0.25, 0.3) is 0 Å². The second-order valence-electron chi connectivity index (χ2n) is 5.84. The van der Waals surface area contributed by atoms with Crippen LogP contribution in [-0.2, 0) is 10.0 Å². The minimum Gasteiger partial charge on any atom is -0.495 e. The number of anilines is 1. The maximum atomic E-state index is 13.0. The number of piperazine rings is 1. The van der Waals surface area contributed by atoms with E-state index in [1.54, 1.807) is 24.3 Å². The molecule has 8 heteroatoms. The lowest BCUT2D eigenvalue weighted by molar-refractivity contribution is 0.374. The highest BCUT2D eigenvalue weighted by atomic mass is 35.5. The zero-order chi connectivity index (χ0) is 18.7. The number of ether oxygens (including phenoxy) is 1. The molecular formula is C18H18ClN3O3S. The Morgan fingerprint density at radius 3 is 2.31 bits per heavy atom. The second kappa shape index (κ2) is 7.54. The van der Waals surface area contributed by atoms with Crippen LogP contribution in [0.1, 0.15) is 5.56 Å². The first-order valence-electron chi connectivity index (χ1n) is 8.04. The molecule has 0 aromatic heterocycles. The quantitative estimate of drug-likeness (QED) is 0.801. The third kappa shape index (κ3) is 3.63. The second-order valence-corrected chi connectivity index (χ2v) is 8.19. The molecule has 0 spiro atoms. The molecule has 1 aliphatic heterocycles. The van der Waals surface area contributed by atoms with Gasteiger partial charge in [-0.25, -0.2) is 8.42 Å². The minimum absolute atomic E-state index is 0.0827. The molecule has 0 aliphatic carbocycles. The molecule has 1 saturated heterocycles. The van der Waals surface area contributed by atoms with E-state index in [1.165, 1.54) is 17.5 Å². The number of sulfonamides is 1. The Labute approximate surface area is 158 Å². The van der Waals surface area contributed by atoms with Gasteiger partial charge in [0.15, 0.2) is 0 Å². The highest BCUT2D eigenvalue weighted by Crippen LogP contribution is 2.30. The summed E-state index contributed by atoms with van der Waals surface area (Å²) < 4.78 is 32.6. The van der Waals surface area contributed by atoms with Crippen molar-refractivity contribution in [3.63, 3.8) is 0 Å². The number of nitriles is 1. The summed E-state index contributed by atoms with van der Waals surface area (Å²) in [6.45, 7) is 1.85. The summed E-state index contributed by atoms with van der Waals surface area (Å²) in [5.41, 5.74) is 1.57. The fourth-order valence-electron chi connectivity index (χ4n) is 2.92. The smallest absolute Gasteiger partial charge is 0.246 e. The van der Waals surface area contributed by atoms with E-state index in [9.17, 15) is 8.42 Å². The molecule has 3 rings (SSSR count). The minimum atomic E-state index is -3.69. The summed E-state index contributed by atoms with van der Waals surface area (Å²) in [5, 5.41) is 9.22. The van der Waals surface area contributed by atoms with Crippen LogP contribution in [0, 0.1) is 11.3 Å². The third-order valence-corrected chi connectivity index (χ3v) is 6.50. The van der Waals surface area contributed by atoms with Crippen molar-refractivity contribution in [3.05, 3.63) is 53.1 Å². The molecule has 1 heterocycles. The van der Waals surface area contributed by atoms with Crippen molar-refractivity contribution in [2.75, 3.05) is 38.2 Å². The van der Waals surface area contributed by atoms with Gasteiger partial charge in [0.25, 0.3) is 0 Å². The lowest BCUT2D eigenvalue weighted by atomic mass is 10.2. The highest BCUT2D eigenvalue weighted by Gasteiger charge is 2.31. The predicted molar refractivity (Wildman–Crippen MR) is 100 cm³/mol. The number of benzene rings is 2. The van der Waals surface area contributed by atoms with Crippen LogP contribution < -0.4 is 9.64 Å². The molecule has 2 aromatic rings. The topological polar surface area (TPSA) is 73.6 Å². The number of halogens is 1. The molecule has 0 saturated carbocycles. The van der Waals surface area contributed by atoms with E-state index in [0.717, 1.165) is 5.69 Å². The van der Waals surface area contributed by atoms with Gasteiger partial charge in [0.2, 0.25) is 10.0 Å². The van der Waals surface area contributed by atoms with Gasteiger partial charge in [-0.2, -0.15) is 9.57 Å². The molecule has 0 N–H and O–H groups in total. The lowest BCUT2D eigenvalue weighted by Crippen LogP contribution is -2.48. The Hall–Kier alpha value is -2.27. The molecule has 1 fully saturated rings. The molecular weight excluding hydrogens is 374 g/mol. The fourth-order valence-corrected chi connectivity index (χ4v) is 4.77. The van der Waals surface area contributed by atoms with E-state index in [4.69, 9.17) is 21.6 Å². The average Bonchev–Trinajstić information content (AvgIpc) is 2.68. The van der Waals surface area contributed by atoms with Crippen LogP contribution in [0.2, 0.25) is 5.02 Å². The van der Waals surface area contributed by atoms with Crippen LogP contribution in [0.3, 0.4) is 0 Å². The van der Waals surface area contributed by atoms with E-state index in [0.29, 0.717) is 36.8 Å². The van der Waals surface area contributed by atoms with Gasteiger partial charge in [0, 0.05) is 36.9 Å². The Bertz CT molecular complexity index is 931. The van der Waals surface area contributed by atoms with Gasteiger partial charge >= 0.3 is 0 Å². The van der Waals surface area contributed by atoms with Crippen LogP contribution in [-0.4, -0.2) is 46.0 Å². The van der Waals surface area contributed by atoms with Crippen molar-refractivity contribution in [1.29, 1.82) is 5.26 Å². The number of hydrogen-bond donors (Lipinski definition) is 0. The van der Waals surface area contributed by atoms with Crippen LogP contribution in [0.4, 0.5) is 5.69 Å². The van der Waals surface area contributed by atoms with Gasteiger partial charge in [0.1, 0.15) is 10.6 Å². The van der Waals surface area contributed by atoms with E-state index < -0.39 is 10.0 Å². The number of hydrogen-bond acceptors (Lipinski definition) is 5. The number of methoxy groups -OCH3 is 1. The van der Waals surface area contributed by atoms with Gasteiger partial charge in [-0.15, -0.1) is 0 Å². The molecule has 2 aromatic carbocycles. The Kier molecular flexibility index (Phi) is 5.37. The molecule has 0 bridgehead atoms. The summed E-state index contributed by atoms with van der Waals surface area (Å²) in [4.78, 5) is 2.18. The number of nitrogens with zero attached hydrogens (tertiary/aromatic N) is 3.